The van der Waals surface area contributed by atoms with Gasteiger partial charge in [0.15, 0.2) is 6.29 Å². The minimum absolute atomic E-state index is 0.00502. The largest absolute Gasteiger partial charge is 0.448 e. The number of carbonyl (C=O) groups excluding carboxylic acids is 1. The zero-order valence-corrected chi connectivity index (χ0v) is 20.2. The number of hydrogen-bond acceptors (Lipinski definition) is 9. The normalized spacial score (nSPS) is 22.0. The van der Waals surface area contributed by atoms with Crippen LogP contribution in [-0.2, 0) is 14.2 Å². The lowest BCUT2D eigenvalue weighted by molar-refractivity contribution is -0.384. The first kappa shape index (κ1) is 28.7. The zero-order chi connectivity index (χ0) is 25.1. The Morgan fingerprint density at radius 3 is 2.39 bits per heavy atom. The number of aliphatic hydroxyl groups excluding tert-OH is 2. The van der Waals surface area contributed by atoms with Crippen molar-refractivity contribution in [1.29, 1.82) is 0 Å². The topological polar surface area (TPSA) is 135 Å². The fraction of sp³-hybridized carbons (Fsp3) is 0.682. The molecular weight excluding hydrogens is 434 g/mol. The van der Waals surface area contributed by atoms with Crippen LogP contribution in [0.1, 0.15) is 38.4 Å². The van der Waals surface area contributed by atoms with Gasteiger partial charge in [-0.2, -0.15) is 0 Å². The van der Waals surface area contributed by atoms with Gasteiger partial charge in [0.25, 0.3) is 5.69 Å². The van der Waals surface area contributed by atoms with E-state index in [1.807, 2.05) is 20.9 Å². The molecule has 0 radical (unpaired) electrons. The van der Waals surface area contributed by atoms with E-state index in [1.165, 1.54) is 24.1 Å². The summed E-state index contributed by atoms with van der Waals surface area (Å²) in [7, 11) is 6.09. The molecule has 1 aromatic rings. The van der Waals surface area contributed by atoms with Crippen molar-refractivity contribution in [1.82, 2.24) is 9.80 Å². The first-order valence-electron chi connectivity index (χ1n) is 10.8. The standard InChI is InChI=1S/C21H33N3O7.CH4O/c1-14-12-18(13-19(25)31-14)22(3)10-11-30-21(26)23(4)15(2)20(29-5)16-6-8-17(9-7-16)24(27)28;1-2/h6-9,14-15,18-20,25H,10-13H2,1-5H3;2H,1H3. The van der Waals surface area contributed by atoms with Crippen LogP contribution in [0.25, 0.3) is 0 Å². The smallest absolute Gasteiger partial charge is 0.409 e. The molecule has 0 aromatic heterocycles. The first-order valence-corrected chi connectivity index (χ1v) is 10.8. The molecule has 0 spiro atoms. The second-order valence-corrected chi connectivity index (χ2v) is 7.98. The lowest BCUT2D eigenvalue weighted by Crippen LogP contribution is -2.45. The van der Waals surface area contributed by atoms with Crippen molar-refractivity contribution in [2.75, 3.05) is 41.5 Å². The van der Waals surface area contributed by atoms with E-state index in [9.17, 15) is 20.0 Å². The Kier molecular flexibility index (Phi) is 12.2. The van der Waals surface area contributed by atoms with Crippen LogP contribution in [0.4, 0.5) is 10.5 Å². The van der Waals surface area contributed by atoms with Gasteiger partial charge in [0.2, 0.25) is 0 Å². The van der Waals surface area contributed by atoms with Gasteiger partial charge < -0.3 is 29.3 Å². The molecule has 5 atom stereocenters. The number of nitrogens with zero attached hydrogens (tertiary/aromatic N) is 3. The van der Waals surface area contributed by atoms with Gasteiger partial charge in [0.05, 0.1) is 17.1 Å². The summed E-state index contributed by atoms with van der Waals surface area (Å²) in [5.74, 6) is 0. The molecular formula is C22H37N3O8. The third-order valence-electron chi connectivity index (χ3n) is 5.78. The molecule has 1 fully saturated rings. The Hall–Kier alpha value is -2.31. The molecule has 11 nitrogen and oxygen atoms in total. The summed E-state index contributed by atoms with van der Waals surface area (Å²) < 4.78 is 16.3. The maximum absolute atomic E-state index is 12.5. The Labute approximate surface area is 195 Å². The Balaban J connectivity index is 0.00000265. The lowest BCUT2D eigenvalue weighted by atomic mass is 10.0. The number of likely N-dealkylation sites (N-methyl/N-ethyl adjacent to an activating group) is 2. The van der Waals surface area contributed by atoms with E-state index >= 15 is 0 Å². The minimum Gasteiger partial charge on any atom is -0.448 e. The van der Waals surface area contributed by atoms with Crippen LogP contribution in [-0.4, -0.2) is 97.0 Å². The van der Waals surface area contributed by atoms with E-state index in [-0.39, 0.29) is 30.5 Å². The SMILES string of the molecule is CO.COC(c1ccc([N+](=O)[O-])cc1)C(C)N(C)C(=O)OCCN(C)C1CC(C)OC(O)C1. The van der Waals surface area contributed by atoms with Gasteiger partial charge in [-0.25, -0.2) is 4.79 Å². The Morgan fingerprint density at radius 2 is 1.88 bits per heavy atom. The van der Waals surface area contributed by atoms with Crippen LogP contribution in [0.2, 0.25) is 0 Å². The van der Waals surface area contributed by atoms with E-state index in [0.29, 0.717) is 13.0 Å². The van der Waals surface area contributed by atoms with Gasteiger partial charge in [0, 0.05) is 52.4 Å². The summed E-state index contributed by atoms with van der Waals surface area (Å²) in [5.41, 5.74) is 0.724. The quantitative estimate of drug-likeness (QED) is 0.410. The average molecular weight is 472 g/mol. The van der Waals surface area contributed by atoms with Gasteiger partial charge in [-0.05, 0) is 45.0 Å². The summed E-state index contributed by atoms with van der Waals surface area (Å²) >= 11 is 0. The maximum Gasteiger partial charge on any atom is 0.409 e. The molecule has 1 saturated heterocycles. The molecule has 11 heteroatoms. The van der Waals surface area contributed by atoms with Gasteiger partial charge >= 0.3 is 6.09 Å². The van der Waals surface area contributed by atoms with Crippen LogP contribution in [0.5, 0.6) is 0 Å². The molecule has 2 rings (SSSR count). The van der Waals surface area contributed by atoms with Crippen molar-refractivity contribution in [3.8, 4) is 0 Å². The van der Waals surface area contributed by atoms with Crippen molar-refractivity contribution in [3.63, 3.8) is 0 Å². The van der Waals surface area contributed by atoms with E-state index < -0.39 is 23.4 Å². The number of nitro groups is 1. The summed E-state index contributed by atoms with van der Waals surface area (Å²) in [6, 6.07) is 5.88. The summed E-state index contributed by atoms with van der Waals surface area (Å²) in [4.78, 5) is 26.4. The molecule has 33 heavy (non-hydrogen) atoms. The first-order chi connectivity index (χ1) is 15.6. The van der Waals surface area contributed by atoms with Crippen LogP contribution >= 0.6 is 0 Å². The van der Waals surface area contributed by atoms with Crippen LogP contribution in [0.15, 0.2) is 24.3 Å². The number of carbonyl (C=O) groups is 1. The molecule has 188 valence electrons. The highest BCUT2D eigenvalue weighted by molar-refractivity contribution is 5.67. The van der Waals surface area contributed by atoms with Crippen molar-refractivity contribution >= 4 is 11.8 Å². The molecule has 5 unspecified atom stereocenters. The van der Waals surface area contributed by atoms with E-state index in [4.69, 9.17) is 19.3 Å². The third-order valence-corrected chi connectivity index (χ3v) is 5.78. The molecule has 0 saturated carbocycles. The van der Waals surface area contributed by atoms with Crippen molar-refractivity contribution in [3.05, 3.63) is 39.9 Å². The number of rotatable bonds is 9. The molecule has 2 N–H and O–H groups in total. The molecule has 1 amide bonds. The predicted molar refractivity (Wildman–Crippen MR) is 122 cm³/mol. The highest BCUT2D eigenvalue weighted by Crippen LogP contribution is 2.26. The summed E-state index contributed by atoms with van der Waals surface area (Å²) in [6.07, 6.45) is -0.400. The average Bonchev–Trinajstić information content (AvgIpc) is 2.79. The second-order valence-electron chi connectivity index (χ2n) is 7.98. The molecule has 1 aliphatic rings. The molecule has 1 aromatic carbocycles. The number of non-ortho nitro benzene ring substituents is 1. The van der Waals surface area contributed by atoms with E-state index in [0.717, 1.165) is 19.1 Å². The minimum atomic E-state index is -0.767. The number of hydrogen-bond donors (Lipinski definition) is 2. The van der Waals surface area contributed by atoms with Gasteiger partial charge in [-0.1, -0.05) is 0 Å². The highest BCUT2D eigenvalue weighted by Gasteiger charge is 2.29. The van der Waals surface area contributed by atoms with Gasteiger partial charge in [-0.15, -0.1) is 0 Å². The van der Waals surface area contributed by atoms with Crippen LogP contribution in [0.3, 0.4) is 0 Å². The lowest BCUT2D eigenvalue weighted by Gasteiger charge is -2.36. The Morgan fingerprint density at radius 1 is 1.27 bits per heavy atom. The number of methoxy groups -OCH3 is 1. The summed E-state index contributed by atoms with van der Waals surface area (Å²) in [6.45, 7) is 4.50. The maximum atomic E-state index is 12.5. The Bertz CT molecular complexity index is 723. The molecule has 0 aliphatic carbocycles. The number of nitro benzene ring substituents is 1. The van der Waals surface area contributed by atoms with Crippen molar-refractivity contribution < 1.29 is 34.1 Å². The predicted octanol–water partition coefficient (Wildman–Crippen LogP) is 2.17. The third kappa shape index (κ3) is 8.52. The fourth-order valence-corrected chi connectivity index (χ4v) is 3.78. The highest BCUT2D eigenvalue weighted by atomic mass is 16.6. The van der Waals surface area contributed by atoms with E-state index in [2.05, 4.69) is 4.90 Å². The van der Waals surface area contributed by atoms with Crippen molar-refractivity contribution in [2.24, 2.45) is 0 Å². The number of aliphatic hydroxyl groups is 2. The molecule has 1 heterocycles. The van der Waals surface area contributed by atoms with Crippen LogP contribution < -0.4 is 0 Å². The molecule has 1 aliphatic heterocycles. The fourth-order valence-electron chi connectivity index (χ4n) is 3.78. The van der Waals surface area contributed by atoms with Gasteiger partial charge in [0.1, 0.15) is 12.7 Å². The monoisotopic (exact) mass is 471 g/mol. The van der Waals surface area contributed by atoms with Crippen LogP contribution in [0, 0.1) is 10.1 Å². The second kappa shape index (κ2) is 14.1. The van der Waals surface area contributed by atoms with Crippen molar-refractivity contribution in [2.45, 2.75) is 57.3 Å². The number of ether oxygens (including phenoxy) is 3. The molecule has 0 bridgehead atoms. The zero-order valence-electron chi connectivity index (χ0n) is 20.2. The van der Waals surface area contributed by atoms with E-state index in [1.54, 1.807) is 19.2 Å². The summed E-state index contributed by atoms with van der Waals surface area (Å²) in [5, 5.41) is 27.6. The number of benzene rings is 1. The van der Waals surface area contributed by atoms with Gasteiger partial charge in [-0.3, -0.25) is 15.0 Å². The number of amides is 1.